The number of hydrogen-bond acceptors (Lipinski definition) is 5. The molecule has 6 nitrogen and oxygen atoms in total. The van der Waals surface area contributed by atoms with E-state index in [1.165, 1.54) is 30.2 Å². The van der Waals surface area contributed by atoms with E-state index in [0.29, 0.717) is 12.3 Å². The second kappa shape index (κ2) is 9.30. The van der Waals surface area contributed by atoms with Crippen molar-refractivity contribution in [2.75, 3.05) is 18.8 Å². The van der Waals surface area contributed by atoms with Crippen LogP contribution in [0.5, 0.6) is 0 Å². The van der Waals surface area contributed by atoms with Gasteiger partial charge in [0, 0.05) is 22.2 Å². The number of para-hydroxylation sites is 1. The number of Topliss-reactive ketones (excluding diaryl/α,β-unsaturated/α-hetero) is 1. The average Bonchev–Trinajstić information content (AvgIpc) is 3.53. The Morgan fingerprint density at radius 3 is 2.56 bits per heavy atom. The van der Waals surface area contributed by atoms with Crippen molar-refractivity contribution >= 4 is 28.4 Å². The first-order valence-corrected chi connectivity index (χ1v) is 12.1. The number of nitrogens with zero attached hydrogens (tertiary/aromatic N) is 4. The van der Waals surface area contributed by atoms with Gasteiger partial charge in [0.25, 0.3) is 0 Å². The molecule has 0 saturated carbocycles. The van der Waals surface area contributed by atoms with E-state index in [-0.39, 0.29) is 5.78 Å². The molecule has 4 aromatic rings. The van der Waals surface area contributed by atoms with Crippen molar-refractivity contribution < 1.29 is 4.79 Å². The van der Waals surface area contributed by atoms with Crippen molar-refractivity contribution in [3.63, 3.8) is 0 Å². The van der Waals surface area contributed by atoms with Crippen LogP contribution in [0.1, 0.15) is 40.3 Å². The number of carbonyl (C=O) groups is 1. The quantitative estimate of drug-likeness (QED) is 0.315. The number of hydrogen-bond donors (Lipinski definition) is 1. The topological polar surface area (TPSA) is 66.8 Å². The van der Waals surface area contributed by atoms with E-state index in [0.717, 1.165) is 52.8 Å². The lowest BCUT2D eigenvalue weighted by atomic mass is 10.1. The van der Waals surface area contributed by atoms with Crippen molar-refractivity contribution in [1.82, 2.24) is 24.6 Å². The third-order valence-electron chi connectivity index (χ3n) is 6.05. The number of benzene rings is 2. The molecule has 32 heavy (non-hydrogen) atoms. The van der Waals surface area contributed by atoms with Gasteiger partial charge in [-0.15, -0.1) is 10.2 Å². The summed E-state index contributed by atoms with van der Waals surface area (Å²) in [4.78, 5) is 18.9. The number of likely N-dealkylation sites (tertiary alicyclic amines) is 1. The number of thioether (sulfide) groups is 1. The molecule has 0 unspecified atom stereocenters. The van der Waals surface area contributed by atoms with Crippen LogP contribution >= 0.6 is 11.8 Å². The third-order valence-corrected chi connectivity index (χ3v) is 7.01. The predicted octanol–water partition coefficient (Wildman–Crippen LogP) is 4.69. The number of aromatic nitrogens is 4. The van der Waals surface area contributed by atoms with E-state index in [1.54, 1.807) is 0 Å². The second-order valence-electron chi connectivity index (χ2n) is 8.34. The minimum Gasteiger partial charge on any atom is -0.358 e. The van der Waals surface area contributed by atoms with E-state index >= 15 is 0 Å². The molecule has 0 spiro atoms. The summed E-state index contributed by atoms with van der Waals surface area (Å²) in [5, 5.41) is 10.8. The minimum atomic E-state index is 0.111. The highest BCUT2D eigenvalue weighted by Gasteiger charge is 2.21. The normalized spacial score (nSPS) is 14.4. The van der Waals surface area contributed by atoms with Crippen LogP contribution in [0.4, 0.5) is 0 Å². The molecule has 0 amide bonds. The average molecular weight is 446 g/mol. The first-order valence-electron chi connectivity index (χ1n) is 11.1. The van der Waals surface area contributed by atoms with Crippen LogP contribution in [0.15, 0.2) is 59.8 Å². The van der Waals surface area contributed by atoms with Crippen LogP contribution in [0.3, 0.4) is 0 Å². The van der Waals surface area contributed by atoms with Gasteiger partial charge in [0.1, 0.15) is 5.82 Å². The molecule has 1 fully saturated rings. The fourth-order valence-corrected chi connectivity index (χ4v) is 5.28. The van der Waals surface area contributed by atoms with Gasteiger partial charge in [-0.2, -0.15) is 0 Å². The Morgan fingerprint density at radius 1 is 1.00 bits per heavy atom. The Hall–Kier alpha value is -2.90. The summed E-state index contributed by atoms with van der Waals surface area (Å²) < 4.78 is 2.17. The monoisotopic (exact) mass is 445 g/mol. The molecule has 1 saturated heterocycles. The van der Waals surface area contributed by atoms with Gasteiger partial charge in [0.05, 0.1) is 18.8 Å². The van der Waals surface area contributed by atoms with Crippen LogP contribution in [0.2, 0.25) is 0 Å². The van der Waals surface area contributed by atoms with Gasteiger partial charge in [-0.1, -0.05) is 60.3 Å². The van der Waals surface area contributed by atoms with Crippen LogP contribution in [0, 0.1) is 6.92 Å². The molecule has 7 heteroatoms. The molecular formula is C25H27N5OS. The predicted molar refractivity (Wildman–Crippen MR) is 128 cm³/mol. The first kappa shape index (κ1) is 21.0. The zero-order valence-corrected chi connectivity index (χ0v) is 19.1. The lowest BCUT2D eigenvalue weighted by Gasteiger charge is -2.16. The van der Waals surface area contributed by atoms with Gasteiger partial charge in [0.15, 0.2) is 10.9 Å². The molecule has 1 aliphatic heterocycles. The molecule has 164 valence electrons. The molecule has 3 heterocycles. The smallest absolute Gasteiger partial charge is 0.192 e. The summed E-state index contributed by atoms with van der Waals surface area (Å²) >= 11 is 1.48. The molecule has 0 radical (unpaired) electrons. The Labute approximate surface area is 192 Å². The maximum Gasteiger partial charge on any atom is 0.192 e. The van der Waals surface area contributed by atoms with Gasteiger partial charge in [-0.25, -0.2) is 0 Å². The Balaban J connectivity index is 1.38. The van der Waals surface area contributed by atoms with Crippen LogP contribution in [-0.4, -0.2) is 49.3 Å². The molecule has 0 bridgehead atoms. The van der Waals surface area contributed by atoms with E-state index in [9.17, 15) is 4.79 Å². The summed E-state index contributed by atoms with van der Waals surface area (Å²) in [7, 11) is 0. The fraction of sp³-hybridized carbons (Fsp3) is 0.320. The Bertz CT molecular complexity index is 1220. The molecule has 0 atom stereocenters. The SMILES string of the molecule is Cc1[nH]c2ccccc2c1C(=O)CSc1nnc(CN2CCCC2)n1Cc1ccccc1. The summed E-state index contributed by atoms with van der Waals surface area (Å²) in [5.41, 5.74) is 3.89. The van der Waals surface area contributed by atoms with Crippen molar-refractivity contribution in [3.8, 4) is 0 Å². The highest BCUT2D eigenvalue weighted by Crippen LogP contribution is 2.26. The van der Waals surface area contributed by atoms with Gasteiger partial charge < -0.3 is 9.55 Å². The molecule has 2 aromatic heterocycles. The standard InChI is InChI=1S/C25H27N5OS/c1-18-24(20-11-5-6-12-21(20)26-18)22(31)17-32-25-28-27-23(16-29-13-7-8-14-29)30(25)15-19-9-3-2-4-10-19/h2-6,9-12,26H,7-8,13-17H2,1H3. The van der Waals surface area contributed by atoms with E-state index in [2.05, 4.69) is 48.9 Å². The lowest BCUT2D eigenvalue weighted by molar-refractivity contribution is 0.102. The lowest BCUT2D eigenvalue weighted by Crippen LogP contribution is -2.21. The Kier molecular flexibility index (Phi) is 6.10. The molecule has 0 aliphatic carbocycles. The number of carbonyl (C=O) groups excluding carboxylic acids is 1. The number of rotatable bonds is 8. The zero-order chi connectivity index (χ0) is 21.9. The van der Waals surface area contributed by atoms with Crippen molar-refractivity contribution in [1.29, 1.82) is 0 Å². The fourth-order valence-electron chi connectivity index (χ4n) is 4.45. The summed E-state index contributed by atoms with van der Waals surface area (Å²) in [6.07, 6.45) is 2.49. The van der Waals surface area contributed by atoms with E-state index < -0.39 is 0 Å². The molecule has 2 aromatic carbocycles. The zero-order valence-electron chi connectivity index (χ0n) is 18.3. The van der Waals surface area contributed by atoms with Gasteiger partial charge in [-0.05, 0) is 44.5 Å². The molecule has 5 rings (SSSR count). The second-order valence-corrected chi connectivity index (χ2v) is 9.28. The van der Waals surface area contributed by atoms with Crippen LogP contribution in [-0.2, 0) is 13.1 Å². The number of nitrogens with one attached hydrogen (secondary N) is 1. The van der Waals surface area contributed by atoms with Crippen molar-refractivity contribution in [2.24, 2.45) is 0 Å². The number of aromatic amines is 1. The number of H-pyrrole nitrogens is 1. The van der Waals surface area contributed by atoms with Crippen LogP contribution in [0.25, 0.3) is 10.9 Å². The number of aryl methyl sites for hydroxylation is 1. The highest BCUT2D eigenvalue weighted by atomic mass is 32.2. The summed E-state index contributed by atoms with van der Waals surface area (Å²) in [6, 6.07) is 18.3. The number of ketones is 1. The first-order chi connectivity index (χ1) is 15.7. The summed E-state index contributed by atoms with van der Waals surface area (Å²) in [5.74, 6) is 1.41. The Morgan fingerprint density at radius 2 is 1.75 bits per heavy atom. The van der Waals surface area contributed by atoms with Gasteiger partial charge in [-0.3, -0.25) is 9.69 Å². The van der Waals surface area contributed by atoms with E-state index in [1.807, 2.05) is 37.3 Å². The molecule has 1 N–H and O–H groups in total. The van der Waals surface area contributed by atoms with Gasteiger partial charge >= 0.3 is 0 Å². The molecule has 1 aliphatic rings. The van der Waals surface area contributed by atoms with Gasteiger partial charge in [0.2, 0.25) is 0 Å². The largest absolute Gasteiger partial charge is 0.358 e. The van der Waals surface area contributed by atoms with E-state index in [4.69, 9.17) is 0 Å². The summed E-state index contributed by atoms with van der Waals surface area (Å²) in [6.45, 7) is 5.69. The number of fused-ring (bicyclic) bond motifs is 1. The van der Waals surface area contributed by atoms with Crippen molar-refractivity contribution in [3.05, 3.63) is 77.2 Å². The molecular weight excluding hydrogens is 418 g/mol. The highest BCUT2D eigenvalue weighted by molar-refractivity contribution is 7.99. The maximum absolute atomic E-state index is 13.2. The van der Waals surface area contributed by atoms with Crippen molar-refractivity contribution in [2.45, 2.75) is 38.0 Å². The van der Waals surface area contributed by atoms with Crippen LogP contribution < -0.4 is 0 Å². The minimum absolute atomic E-state index is 0.111. The third kappa shape index (κ3) is 4.36. The maximum atomic E-state index is 13.2.